The molecule has 0 spiro atoms. The number of hydrogen-bond donors (Lipinski definition) is 0. The van der Waals surface area contributed by atoms with Crippen LogP contribution in [0.4, 0.5) is 5.95 Å². The molecule has 0 atom stereocenters. The van der Waals surface area contributed by atoms with Gasteiger partial charge in [-0.05, 0) is 6.07 Å². The molecule has 1 aliphatic heterocycles. The van der Waals surface area contributed by atoms with Crippen LogP contribution in [0.5, 0.6) is 0 Å². The van der Waals surface area contributed by atoms with Gasteiger partial charge in [0.05, 0.1) is 13.2 Å². The molecule has 3 heterocycles. The number of piperazine rings is 1. The molecule has 3 rings (SSSR count). The van der Waals surface area contributed by atoms with Gasteiger partial charge >= 0.3 is 0 Å². The normalized spacial score (nSPS) is 16.1. The third-order valence-corrected chi connectivity index (χ3v) is 3.91. The molecule has 22 heavy (non-hydrogen) atoms. The van der Waals surface area contributed by atoms with Crippen LogP contribution in [0.3, 0.4) is 0 Å². The Morgan fingerprint density at radius 3 is 2.55 bits per heavy atom. The van der Waals surface area contributed by atoms with E-state index >= 15 is 0 Å². The summed E-state index contributed by atoms with van der Waals surface area (Å²) in [6.45, 7) is 6.32. The van der Waals surface area contributed by atoms with E-state index in [1.54, 1.807) is 19.5 Å². The van der Waals surface area contributed by atoms with Crippen molar-refractivity contribution in [3.8, 4) is 0 Å². The van der Waals surface area contributed by atoms with Crippen molar-refractivity contribution in [2.24, 2.45) is 0 Å². The Labute approximate surface area is 130 Å². The van der Waals surface area contributed by atoms with Gasteiger partial charge in [0.2, 0.25) is 5.95 Å². The molecule has 1 saturated heterocycles. The molecular formula is C15H22N6O. The van der Waals surface area contributed by atoms with Crippen molar-refractivity contribution in [3.63, 3.8) is 0 Å². The van der Waals surface area contributed by atoms with E-state index in [0.29, 0.717) is 6.61 Å². The predicted molar refractivity (Wildman–Crippen MR) is 83.6 cm³/mol. The summed E-state index contributed by atoms with van der Waals surface area (Å²) in [7, 11) is 1.72. The van der Waals surface area contributed by atoms with Crippen molar-refractivity contribution in [3.05, 3.63) is 36.7 Å². The highest BCUT2D eigenvalue weighted by atomic mass is 16.5. The second-order valence-corrected chi connectivity index (χ2v) is 5.34. The number of rotatable bonds is 6. The molecule has 7 heteroatoms. The Bertz CT molecular complexity index is 564. The van der Waals surface area contributed by atoms with Crippen LogP contribution < -0.4 is 4.90 Å². The summed E-state index contributed by atoms with van der Waals surface area (Å²) >= 11 is 0. The van der Waals surface area contributed by atoms with Crippen LogP contribution in [0.15, 0.2) is 30.9 Å². The van der Waals surface area contributed by atoms with Crippen LogP contribution in [-0.4, -0.2) is 64.3 Å². The summed E-state index contributed by atoms with van der Waals surface area (Å²) in [5.41, 5.74) is 0. The first-order valence-electron chi connectivity index (χ1n) is 7.60. The van der Waals surface area contributed by atoms with Gasteiger partial charge in [-0.3, -0.25) is 4.90 Å². The third-order valence-electron chi connectivity index (χ3n) is 3.91. The van der Waals surface area contributed by atoms with E-state index in [1.165, 1.54) is 0 Å². The molecule has 2 aromatic heterocycles. The Morgan fingerprint density at radius 2 is 1.82 bits per heavy atom. The van der Waals surface area contributed by atoms with Gasteiger partial charge in [-0.2, -0.15) is 0 Å². The first-order chi connectivity index (χ1) is 10.9. The van der Waals surface area contributed by atoms with E-state index in [0.717, 1.165) is 51.0 Å². The molecular weight excluding hydrogens is 280 g/mol. The minimum atomic E-state index is 0.711. The number of imidazole rings is 1. The summed E-state index contributed by atoms with van der Waals surface area (Å²) in [5, 5.41) is 0. The molecule has 2 aromatic rings. The Kier molecular flexibility index (Phi) is 4.97. The van der Waals surface area contributed by atoms with E-state index in [4.69, 9.17) is 4.74 Å². The number of methoxy groups -OCH3 is 1. The average molecular weight is 302 g/mol. The summed E-state index contributed by atoms with van der Waals surface area (Å²) < 4.78 is 7.30. The number of hydrogen-bond acceptors (Lipinski definition) is 6. The Morgan fingerprint density at radius 1 is 1.05 bits per heavy atom. The zero-order valence-electron chi connectivity index (χ0n) is 12.9. The van der Waals surface area contributed by atoms with Gasteiger partial charge in [-0.25, -0.2) is 15.0 Å². The lowest BCUT2D eigenvalue weighted by Crippen LogP contribution is -2.46. The van der Waals surface area contributed by atoms with Crippen molar-refractivity contribution < 1.29 is 4.74 Å². The highest BCUT2D eigenvalue weighted by Crippen LogP contribution is 2.12. The third kappa shape index (κ3) is 3.61. The average Bonchev–Trinajstić information content (AvgIpc) is 3.01. The minimum Gasteiger partial charge on any atom is -0.383 e. The number of aromatic nitrogens is 4. The Hall–Kier alpha value is -1.99. The van der Waals surface area contributed by atoms with E-state index in [2.05, 4.69) is 29.3 Å². The van der Waals surface area contributed by atoms with Crippen molar-refractivity contribution in [1.82, 2.24) is 24.4 Å². The second-order valence-electron chi connectivity index (χ2n) is 5.34. The molecule has 7 nitrogen and oxygen atoms in total. The lowest BCUT2D eigenvalue weighted by Gasteiger charge is -2.34. The standard InChI is InChI=1S/C15H22N6O/c1-22-12-11-20-6-5-16-14(20)13-19-7-9-21(10-8-19)15-17-3-2-4-18-15/h2-6H,7-13H2,1H3. The molecule has 0 radical (unpaired) electrons. The lowest BCUT2D eigenvalue weighted by molar-refractivity contribution is 0.183. The smallest absolute Gasteiger partial charge is 0.225 e. The highest BCUT2D eigenvalue weighted by molar-refractivity contribution is 5.29. The fourth-order valence-electron chi connectivity index (χ4n) is 2.65. The topological polar surface area (TPSA) is 59.3 Å². The SMILES string of the molecule is COCCn1ccnc1CN1CCN(c2ncccn2)CC1. The van der Waals surface area contributed by atoms with Crippen molar-refractivity contribution >= 4 is 5.95 Å². The van der Waals surface area contributed by atoms with Crippen LogP contribution in [0.25, 0.3) is 0 Å². The monoisotopic (exact) mass is 302 g/mol. The summed E-state index contributed by atoms with van der Waals surface area (Å²) in [5.74, 6) is 1.92. The number of nitrogens with zero attached hydrogens (tertiary/aromatic N) is 6. The summed E-state index contributed by atoms with van der Waals surface area (Å²) in [4.78, 5) is 17.8. The van der Waals surface area contributed by atoms with Gasteiger partial charge in [0.1, 0.15) is 5.82 Å². The first-order valence-corrected chi connectivity index (χ1v) is 7.60. The first kappa shape index (κ1) is 14.9. The minimum absolute atomic E-state index is 0.711. The molecule has 0 aliphatic carbocycles. The summed E-state index contributed by atoms with van der Waals surface area (Å²) in [6.07, 6.45) is 7.46. The van der Waals surface area contributed by atoms with E-state index < -0.39 is 0 Å². The van der Waals surface area contributed by atoms with Gasteiger partial charge in [0, 0.05) is 64.6 Å². The van der Waals surface area contributed by atoms with Gasteiger partial charge in [-0.15, -0.1) is 0 Å². The molecule has 0 amide bonds. The Balaban J connectivity index is 1.53. The van der Waals surface area contributed by atoms with Crippen molar-refractivity contribution in [2.75, 3.05) is 44.8 Å². The van der Waals surface area contributed by atoms with Crippen LogP contribution in [0.2, 0.25) is 0 Å². The maximum atomic E-state index is 5.14. The molecule has 0 N–H and O–H groups in total. The maximum absolute atomic E-state index is 5.14. The van der Waals surface area contributed by atoms with Crippen LogP contribution >= 0.6 is 0 Å². The van der Waals surface area contributed by atoms with Crippen LogP contribution in [0, 0.1) is 0 Å². The van der Waals surface area contributed by atoms with Gasteiger partial charge in [0.25, 0.3) is 0 Å². The predicted octanol–water partition coefficient (Wildman–Crippen LogP) is 0.642. The lowest BCUT2D eigenvalue weighted by atomic mass is 10.3. The molecule has 0 saturated carbocycles. The molecule has 0 bridgehead atoms. The highest BCUT2D eigenvalue weighted by Gasteiger charge is 2.19. The molecule has 1 fully saturated rings. The molecule has 118 valence electrons. The molecule has 1 aliphatic rings. The van der Waals surface area contributed by atoms with E-state index in [9.17, 15) is 0 Å². The van der Waals surface area contributed by atoms with Crippen LogP contribution in [0.1, 0.15) is 5.82 Å². The zero-order chi connectivity index (χ0) is 15.2. The van der Waals surface area contributed by atoms with E-state index in [1.807, 2.05) is 18.5 Å². The fraction of sp³-hybridized carbons (Fsp3) is 0.533. The van der Waals surface area contributed by atoms with Gasteiger partial charge in [0.15, 0.2) is 0 Å². The molecule has 0 aromatic carbocycles. The maximum Gasteiger partial charge on any atom is 0.225 e. The fourth-order valence-corrected chi connectivity index (χ4v) is 2.65. The van der Waals surface area contributed by atoms with Crippen molar-refractivity contribution in [2.45, 2.75) is 13.1 Å². The second kappa shape index (κ2) is 7.33. The quantitative estimate of drug-likeness (QED) is 0.780. The molecule has 0 unspecified atom stereocenters. The number of anilines is 1. The zero-order valence-corrected chi connectivity index (χ0v) is 12.9. The van der Waals surface area contributed by atoms with Gasteiger partial charge in [-0.1, -0.05) is 0 Å². The van der Waals surface area contributed by atoms with Gasteiger partial charge < -0.3 is 14.2 Å². The van der Waals surface area contributed by atoms with E-state index in [-0.39, 0.29) is 0 Å². The van der Waals surface area contributed by atoms with Crippen LogP contribution in [-0.2, 0) is 17.8 Å². The number of ether oxygens (including phenoxy) is 1. The summed E-state index contributed by atoms with van der Waals surface area (Å²) in [6, 6.07) is 1.85. The largest absolute Gasteiger partial charge is 0.383 e. The van der Waals surface area contributed by atoms with Crippen molar-refractivity contribution in [1.29, 1.82) is 0 Å².